The second-order valence-electron chi connectivity index (χ2n) is 5.37. The number of anilines is 1. The van der Waals surface area contributed by atoms with E-state index < -0.39 is 5.60 Å². The number of benzene rings is 1. The number of rotatable bonds is 5. The largest absolute Gasteiger partial charge is 0.454 e. The minimum atomic E-state index is -0.778. The molecule has 0 spiro atoms. The predicted octanol–water partition coefficient (Wildman–Crippen LogP) is 2.49. The molecule has 2 N–H and O–H groups in total. The molecule has 0 saturated carbocycles. The topological polar surface area (TPSA) is 63.6 Å². The second-order valence-corrected chi connectivity index (χ2v) is 6.24. The highest BCUT2D eigenvalue weighted by molar-refractivity contribution is 7.98. The fourth-order valence-electron chi connectivity index (χ4n) is 2.34. The van der Waals surface area contributed by atoms with Gasteiger partial charge in [0, 0.05) is 23.9 Å². The van der Waals surface area contributed by atoms with Crippen molar-refractivity contribution in [2.24, 2.45) is 0 Å². The van der Waals surface area contributed by atoms with E-state index in [0.29, 0.717) is 12.3 Å². The predicted molar refractivity (Wildman–Crippen MR) is 85.4 cm³/mol. The van der Waals surface area contributed by atoms with Crippen LogP contribution in [0.3, 0.4) is 0 Å². The van der Waals surface area contributed by atoms with E-state index in [2.05, 4.69) is 10.3 Å². The maximum Gasteiger partial charge on any atom is 0.231 e. The Morgan fingerprint density at radius 3 is 2.90 bits per heavy atom. The van der Waals surface area contributed by atoms with Crippen LogP contribution in [-0.4, -0.2) is 41.0 Å². The number of ether oxygens (including phenoxy) is 2. The van der Waals surface area contributed by atoms with Gasteiger partial charge in [-0.05, 0) is 36.8 Å². The lowest BCUT2D eigenvalue weighted by Gasteiger charge is -2.23. The molecule has 0 saturated heterocycles. The van der Waals surface area contributed by atoms with Gasteiger partial charge in [0.05, 0.1) is 5.60 Å². The van der Waals surface area contributed by atoms with Crippen molar-refractivity contribution in [3.05, 3.63) is 24.4 Å². The Balaban J connectivity index is 1.89. The van der Waals surface area contributed by atoms with Gasteiger partial charge in [0.15, 0.2) is 11.5 Å². The van der Waals surface area contributed by atoms with Crippen LogP contribution in [0.1, 0.15) is 6.92 Å². The van der Waals surface area contributed by atoms with Gasteiger partial charge >= 0.3 is 0 Å². The Morgan fingerprint density at radius 1 is 1.38 bits per heavy atom. The van der Waals surface area contributed by atoms with Crippen molar-refractivity contribution in [1.29, 1.82) is 0 Å². The molecule has 1 unspecified atom stereocenters. The van der Waals surface area contributed by atoms with E-state index >= 15 is 0 Å². The lowest BCUT2D eigenvalue weighted by atomic mass is 10.1. The summed E-state index contributed by atoms with van der Waals surface area (Å²) in [5, 5.41) is 15.5. The third kappa shape index (κ3) is 3.01. The molecule has 21 heavy (non-hydrogen) atoms. The molecule has 0 bridgehead atoms. The molecule has 5 nitrogen and oxygen atoms in total. The van der Waals surface area contributed by atoms with Crippen LogP contribution in [0.4, 0.5) is 5.82 Å². The third-order valence-electron chi connectivity index (χ3n) is 3.35. The summed E-state index contributed by atoms with van der Waals surface area (Å²) in [6.07, 6.45) is 3.72. The van der Waals surface area contributed by atoms with Crippen molar-refractivity contribution in [1.82, 2.24) is 4.98 Å². The maximum absolute atomic E-state index is 10.2. The van der Waals surface area contributed by atoms with Crippen molar-refractivity contribution in [2.45, 2.75) is 12.5 Å². The molecule has 3 rings (SSSR count). The normalized spacial score (nSPS) is 16.0. The summed E-state index contributed by atoms with van der Waals surface area (Å²) in [4.78, 5) is 4.37. The van der Waals surface area contributed by atoms with Crippen LogP contribution in [-0.2, 0) is 0 Å². The van der Waals surface area contributed by atoms with Crippen molar-refractivity contribution >= 4 is 28.4 Å². The Labute approximate surface area is 127 Å². The number of thioether (sulfide) groups is 1. The van der Waals surface area contributed by atoms with Crippen molar-refractivity contribution in [3.8, 4) is 11.5 Å². The molecule has 0 fully saturated rings. The van der Waals surface area contributed by atoms with Crippen LogP contribution in [0.5, 0.6) is 11.5 Å². The van der Waals surface area contributed by atoms with Crippen molar-refractivity contribution in [2.75, 3.05) is 30.7 Å². The zero-order valence-electron chi connectivity index (χ0n) is 12.0. The average molecular weight is 306 g/mol. The number of fused-ring (bicyclic) bond motifs is 2. The summed E-state index contributed by atoms with van der Waals surface area (Å²) in [5.41, 5.74) is -0.778. The van der Waals surface area contributed by atoms with Gasteiger partial charge in [0.1, 0.15) is 5.82 Å². The summed E-state index contributed by atoms with van der Waals surface area (Å²) < 4.78 is 10.8. The number of hydrogen-bond acceptors (Lipinski definition) is 6. The van der Waals surface area contributed by atoms with E-state index in [1.54, 1.807) is 18.0 Å². The van der Waals surface area contributed by atoms with Gasteiger partial charge in [-0.3, -0.25) is 0 Å². The Morgan fingerprint density at radius 2 is 2.14 bits per heavy atom. The molecule has 0 amide bonds. The minimum Gasteiger partial charge on any atom is -0.454 e. The van der Waals surface area contributed by atoms with E-state index in [4.69, 9.17) is 9.47 Å². The summed E-state index contributed by atoms with van der Waals surface area (Å²) in [5.74, 6) is 2.90. The molecule has 1 aromatic heterocycles. The van der Waals surface area contributed by atoms with Crippen molar-refractivity contribution in [3.63, 3.8) is 0 Å². The number of nitrogens with zero attached hydrogens (tertiary/aromatic N) is 1. The van der Waals surface area contributed by atoms with E-state index in [9.17, 15) is 5.11 Å². The van der Waals surface area contributed by atoms with Gasteiger partial charge in [0.2, 0.25) is 6.79 Å². The van der Waals surface area contributed by atoms with Gasteiger partial charge in [-0.1, -0.05) is 0 Å². The molecule has 6 heteroatoms. The highest BCUT2D eigenvalue weighted by atomic mass is 32.2. The van der Waals surface area contributed by atoms with Crippen LogP contribution in [0.15, 0.2) is 24.4 Å². The molecule has 2 heterocycles. The zero-order chi connectivity index (χ0) is 14.9. The molecule has 1 aliphatic heterocycles. The van der Waals surface area contributed by atoms with Crippen LogP contribution in [0.25, 0.3) is 10.8 Å². The molecular weight excluding hydrogens is 288 g/mol. The highest BCUT2D eigenvalue weighted by Crippen LogP contribution is 2.37. The standard InChI is InChI=1S/C15H18N2O3S/c1-15(18,8-21-2)7-17-14-11-6-13-12(19-9-20-13)5-10(11)3-4-16-14/h3-6,18H,7-9H2,1-2H3,(H,16,17). The number of aliphatic hydroxyl groups is 1. The van der Waals surface area contributed by atoms with Crippen molar-refractivity contribution < 1.29 is 14.6 Å². The molecule has 1 atom stereocenters. The molecule has 112 valence electrons. The lowest BCUT2D eigenvalue weighted by molar-refractivity contribution is 0.0996. The summed E-state index contributed by atoms with van der Waals surface area (Å²) in [6.45, 7) is 2.51. The number of nitrogens with one attached hydrogen (secondary N) is 1. The smallest absolute Gasteiger partial charge is 0.231 e. The van der Waals surface area contributed by atoms with E-state index in [1.807, 2.05) is 31.4 Å². The Kier molecular flexibility index (Phi) is 3.82. The van der Waals surface area contributed by atoms with Gasteiger partial charge in [-0.25, -0.2) is 4.98 Å². The van der Waals surface area contributed by atoms with Crippen LogP contribution < -0.4 is 14.8 Å². The molecule has 1 aliphatic rings. The summed E-state index contributed by atoms with van der Waals surface area (Å²) >= 11 is 1.62. The first-order valence-electron chi connectivity index (χ1n) is 6.73. The fourth-order valence-corrected chi connectivity index (χ4v) is 3.06. The van der Waals surface area contributed by atoms with E-state index in [1.165, 1.54) is 0 Å². The van der Waals surface area contributed by atoms with Gasteiger partial charge in [-0.2, -0.15) is 11.8 Å². The number of aromatic nitrogens is 1. The molecule has 1 aromatic carbocycles. The van der Waals surface area contributed by atoms with E-state index in [-0.39, 0.29) is 6.79 Å². The monoisotopic (exact) mass is 306 g/mol. The molecular formula is C15H18N2O3S. The number of hydrogen-bond donors (Lipinski definition) is 2. The Hall–Kier alpha value is -1.66. The summed E-state index contributed by atoms with van der Waals surface area (Å²) in [6, 6.07) is 5.81. The first kappa shape index (κ1) is 14.3. The van der Waals surface area contributed by atoms with Gasteiger partial charge < -0.3 is 19.9 Å². The van der Waals surface area contributed by atoms with Crippen LogP contribution >= 0.6 is 11.8 Å². The zero-order valence-corrected chi connectivity index (χ0v) is 12.9. The average Bonchev–Trinajstić information content (AvgIpc) is 2.90. The van der Waals surface area contributed by atoms with Crippen LogP contribution in [0.2, 0.25) is 0 Å². The van der Waals surface area contributed by atoms with Gasteiger partial charge in [0.25, 0.3) is 0 Å². The lowest BCUT2D eigenvalue weighted by Crippen LogP contribution is -2.36. The third-order valence-corrected chi connectivity index (χ3v) is 4.26. The number of pyridine rings is 1. The quantitative estimate of drug-likeness (QED) is 0.885. The fraction of sp³-hybridized carbons (Fsp3) is 0.400. The second kappa shape index (κ2) is 5.61. The SMILES string of the molecule is CSCC(C)(O)CNc1nccc2cc3c(cc12)OCO3. The maximum atomic E-state index is 10.2. The highest BCUT2D eigenvalue weighted by Gasteiger charge is 2.21. The first-order chi connectivity index (χ1) is 10.1. The molecule has 2 aromatic rings. The Bertz CT molecular complexity index is 661. The minimum absolute atomic E-state index is 0.254. The van der Waals surface area contributed by atoms with Gasteiger partial charge in [-0.15, -0.1) is 0 Å². The summed E-state index contributed by atoms with van der Waals surface area (Å²) in [7, 11) is 0. The molecule has 0 radical (unpaired) electrons. The first-order valence-corrected chi connectivity index (χ1v) is 8.12. The van der Waals surface area contributed by atoms with Crippen LogP contribution in [0, 0.1) is 0 Å². The molecule has 0 aliphatic carbocycles. The van der Waals surface area contributed by atoms with E-state index in [0.717, 1.165) is 28.1 Å².